The Morgan fingerprint density at radius 1 is 1.19 bits per heavy atom. The average Bonchev–Trinajstić information content (AvgIpc) is 2.72. The highest BCUT2D eigenvalue weighted by molar-refractivity contribution is 5.73. The zero-order valence-electron chi connectivity index (χ0n) is 18.7. The number of carbonyl (C=O) groups excluding carboxylic acids is 1. The lowest BCUT2D eigenvalue weighted by Gasteiger charge is -2.46. The standard InChI is InChI=1S/C24H30FNO6/c1-14(27)26-11-10-15-8-9-18(13-19(15)16-6-5-7-17(25)12-16)31-23-21(29)20(28)22(30-4)24(2,3)32-23/h5-9,12-13,20-23,28-29H,10-11H2,1-4H3,(H,26,27)/t20-,21+,22+,23?/m0/s1. The van der Waals surface area contributed by atoms with Crippen LogP contribution in [-0.2, 0) is 20.7 Å². The van der Waals surface area contributed by atoms with Crippen LogP contribution in [0.4, 0.5) is 4.39 Å². The number of aliphatic hydroxyl groups excluding tert-OH is 2. The maximum absolute atomic E-state index is 13.9. The second kappa shape index (κ2) is 9.95. The lowest BCUT2D eigenvalue weighted by molar-refractivity contribution is -0.305. The molecule has 0 aliphatic carbocycles. The van der Waals surface area contributed by atoms with Crippen LogP contribution in [-0.4, -0.2) is 60.0 Å². The number of ether oxygens (including phenoxy) is 3. The van der Waals surface area contributed by atoms with Gasteiger partial charge in [-0.1, -0.05) is 18.2 Å². The minimum atomic E-state index is -1.33. The van der Waals surface area contributed by atoms with Crippen molar-refractivity contribution in [3.8, 4) is 16.9 Å². The van der Waals surface area contributed by atoms with E-state index in [1.54, 1.807) is 38.1 Å². The molecule has 1 amide bonds. The van der Waals surface area contributed by atoms with E-state index < -0.39 is 30.2 Å². The van der Waals surface area contributed by atoms with Gasteiger partial charge in [0.25, 0.3) is 0 Å². The zero-order valence-corrected chi connectivity index (χ0v) is 18.7. The highest BCUT2D eigenvalue weighted by Gasteiger charge is 2.50. The quantitative estimate of drug-likeness (QED) is 0.603. The summed E-state index contributed by atoms with van der Waals surface area (Å²) in [5.41, 5.74) is 1.37. The molecule has 1 fully saturated rings. The molecule has 1 aliphatic heterocycles. The van der Waals surface area contributed by atoms with Gasteiger partial charge in [-0.05, 0) is 61.2 Å². The van der Waals surface area contributed by atoms with Gasteiger partial charge in [0, 0.05) is 20.6 Å². The van der Waals surface area contributed by atoms with Crippen molar-refractivity contribution in [2.24, 2.45) is 0 Å². The summed E-state index contributed by atoms with van der Waals surface area (Å²) in [7, 11) is 1.44. The Kier molecular flexibility index (Phi) is 7.51. The third-order valence-corrected chi connectivity index (χ3v) is 5.54. The number of hydrogen-bond acceptors (Lipinski definition) is 6. The summed E-state index contributed by atoms with van der Waals surface area (Å²) >= 11 is 0. The van der Waals surface area contributed by atoms with Crippen LogP contribution in [0, 0.1) is 5.82 Å². The second-order valence-corrected chi connectivity index (χ2v) is 8.41. The van der Waals surface area contributed by atoms with Crippen LogP contribution >= 0.6 is 0 Å². The summed E-state index contributed by atoms with van der Waals surface area (Å²) in [6.45, 7) is 5.37. The number of methoxy groups -OCH3 is 1. The molecule has 174 valence electrons. The lowest BCUT2D eigenvalue weighted by atomic mass is 9.89. The van der Waals surface area contributed by atoms with E-state index in [1.807, 2.05) is 6.07 Å². The number of hydrogen-bond donors (Lipinski definition) is 3. The van der Waals surface area contributed by atoms with Gasteiger partial charge in [-0.25, -0.2) is 4.39 Å². The Bertz CT molecular complexity index is 950. The Labute approximate surface area is 187 Å². The van der Waals surface area contributed by atoms with Crippen molar-refractivity contribution < 1.29 is 33.6 Å². The molecular weight excluding hydrogens is 417 g/mol. The number of carbonyl (C=O) groups is 1. The van der Waals surface area contributed by atoms with Crippen LogP contribution in [0.5, 0.6) is 5.75 Å². The van der Waals surface area contributed by atoms with Gasteiger partial charge in [0.2, 0.25) is 12.2 Å². The molecule has 7 nitrogen and oxygen atoms in total. The second-order valence-electron chi connectivity index (χ2n) is 8.41. The van der Waals surface area contributed by atoms with E-state index in [2.05, 4.69) is 5.32 Å². The van der Waals surface area contributed by atoms with Crippen molar-refractivity contribution in [3.63, 3.8) is 0 Å². The monoisotopic (exact) mass is 447 g/mol. The summed E-state index contributed by atoms with van der Waals surface area (Å²) in [5, 5.41) is 23.7. The van der Waals surface area contributed by atoms with Gasteiger partial charge >= 0.3 is 0 Å². The molecule has 0 saturated carbocycles. The van der Waals surface area contributed by atoms with Crippen molar-refractivity contribution in [1.29, 1.82) is 0 Å². The molecule has 8 heteroatoms. The zero-order chi connectivity index (χ0) is 23.5. The number of nitrogens with one attached hydrogen (secondary N) is 1. The number of benzene rings is 2. The topological polar surface area (TPSA) is 97.3 Å². The Hall–Kier alpha value is -2.52. The molecule has 1 unspecified atom stereocenters. The molecule has 1 aliphatic rings. The fraction of sp³-hybridized carbons (Fsp3) is 0.458. The summed E-state index contributed by atoms with van der Waals surface area (Å²) in [5.74, 6) is -0.116. The molecule has 32 heavy (non-hydrogen) atoms. The van der Waals surface area contributed by atoms with Crippen LogP contribution in [0.1, 0.15) is 26.3 Å². The molecule has 1 saturated heterocycles. The van der Waals surface area contributed by atoms with Crippen LogP contribution in [0.25, 0.3) is 11.1 Å². The predicted molar refractivity (Wildman–Crippen MR) is 117 cm³/mol. The lowest BCUT2D eigenvalue weighted by Crippen LogP contribution is -2.63. The van der Waals surface area contributed by atoms with E-state index in [-0.39, 0.29) is 11.7 Å². The van der Waals surface area contributed by atoms with Gasteiger partial charge in [-0.3, -0.25) is 4.79 Å². The molecular formula is C24H30FNO6. The molecule has 4 atom stereocenters. The minimum absolute atomic E-state index is 0.128. The van der Waals surface area contributed by atoms with Gasteiger partial charge in [-0.15, -0.1) is 0 Å². The van der Waals surface area contributed by atoms with Crippen molar-refractivity contribution in [3.05, 3.63) is 53.8 Å². The third kappa shape index (κ3) is 5.45. The third-order valence-electron chi connectivity index (χ3n) is 5.54. The fourth-order valence-electron chi connectivity index (χ4n) is 3.98. The fourth-order valence-corrected chi connectivity index (χ4v) is 3.98. The van der Waals surface area contributed by atoms with Crippen molar-refractivity contribution in [2.45, 2.75) is 57.4 Å². The van der Waals surface area contributed by atoms with E-state index in [0.29, 0.717) is 24.3 Å². The smallest absolute Gasteiger partial charge is 0.229 e. The largest absolute Gasteiger partial charge is 0.462 e. The predicted octanol–water partition coefficient (Wildman–Crippen LogP) is 2.42. The first kappa shape index (κ1) is 24.1. The minimum Gasteiger partial charge on any atom is -0.462 e. The van der Waals surface area contributed by atoms with Gasteiger partial charge in [0.05, 0.1) is 5.60 Å². The van der Waals surface area contributed by atoms with E-state index in [4.69, 9.17) is 14.2 Å². The Balaban J connectivity index is 1.89. The van der Waals surface area contributed by atoms with E-state index in [0.717, 1.165) is 11.1 Å². The average molecular weight is 448 g/mol. The van der Waals surface area contributed by atoms with E-state index >= 15 is 0 Å². The van der Waals surface area contributed by atoms with Crippen LogP contribution in [0.3, 0.4) is 0 Å². The van der Waals surface area contributed by atoms with Crippen molar-refractivity contribution in [2.75, 3.05) is 13.7 Å². The summed E-state index contributed by atoms with van der Waals surface area (Å²) in [6.07, 6.45) is -3.85. The normalized spacial score (nSPS) is 24.7. The number of halogens is 1. The van der Waals surface area contributed by atoms with E-state index in [1.165, 1.54) is 26.2 Å². The molecule has 3 rings (SSSR count). The van der Waals surface area contributed by atoms with Crippen LogP contribution in [0.15, 0.2) is 42.5 Å². The van der Waals surface area contributed by atoms with Gasteiger partial charge < -0.3 is 29.7 Å². The van der Waals surface area contributed by atoms with Crippen molar-refractivity contribution >= 4 is 5.91 Å². The summed E-state index contributed by atoms with van der Waals surface area (Å²) in [4.78, 5) is 11.2. The van der Waals surface area contributed by atoms with Crippen LogP contribution in [0.2, 0.25) is 0 Å². The summed E-state index contributed by atoms with van der Waals surface area (Å²) in [6, 6.07) is 11.5. The molecule has 0 aromatic heterocycles. The SMILES string of the molecule is CO[C@@H]1[C@@H](O)[C@@H](O)C(Oc2ccc(CCNC(C)=O)c(-c3cccc(F)c3)c2)OC1(C)C. The first-order chi connectivity index (χ1) is 15.1. The maximum Gasteiger partial charge on any atom is 0.229 e. The molecule has 0 spiro atoms. The highest BCUT2D eigenvalue weighted by Crippen LogP contribution is 2.34. The molecule has 3 N–H and O–H groups in total. The number of rotatable bonds is 7. The molecule has 0 bridgehead atoms. The molecule has 1 heterocycles. The maximum atomic E-state index is 13.9. The Morgan fingerprint density at radius 3 is 2.59 bits per heavy atom. The van der Waals surface area contributed by atoms with Crippen LogP contribution < -0.4 is 10.1 Å². The summed E-state index contributed by atoms with van der Waals surface area (Å²) < 4.78 is 31.0. The highest BCUT2D eigenvalue weighted by atomic mass is 19.1. The Morgan fingerprint density at radius 2 is 1.94 bits per heavy atom. The van der Waals surface area contributed by atoms with Gasteiger partial charge in [0.1, 0.15) is 29.9 Å². The number of amides is 1. The van der Waals surface area contributed by atoms with Gasteiger partial charge in [0.15, 0.2) is 0 Å². The first-order valence-electron chi connectivity index (χ1n) is 10.5. The number of aliphatic hydroxyl groups is 2. The van der Waals surface area contributed by atoms with E-state index in [9.17, 15) is 19.4 Å². The van der Waals surface area contributed by atoms with Gasteiger partial charge in [-0.2, -0.15) is 0 Å². The molecule has 0 radical (unpaired) electrons. The first-order valence-corrected chi connectivity index (χ1v) is 10.5. The molecule has 2 aromatic carbocycles. The molecule has 2 aromatic rings. The van der Waals surface area contributed by atoms with Crippen molar-refractivity contribution in [1.82, 2.24) is 5.32 Å².